The van der Waals surface area contributed by atoms with Crippen LogP contribution in [0.5, 0.6) is 5.75 Å². The Morgan fingerprint density at radius 3 is 2.59 bits per heavy atom. The molecule has 3 rings (SSSR count). The van der Waals surface area contributed by atoms with E-state index in [1.807, 2.05) is 44.2 Å². The summed E-state index contributed by atoms with van der Waals surface area (Å²) in [6.45, 7) is 5.69. The number of rotatable bonds is 9. The zero-order valence-corrected chi connectivity index (χ0v) is 21.9. The minimum absolute atomic E-state index is 0.295. The van der Waals surface area contributed by atoms with Crippen LogP contribution in [0.15, 0.2) is 64.2 Å². The fourth-order valence-electron chi connectivity index (χ4n) is 3.59. The average Bonchev–Trinajstić information content (AvgIpc) is 3.05. The van der Waals surface area contributed by atoms with Gasteiger partial charge in [-0.05, 0) is 57.2 Å². The maximum Gasteiger partial charge on any atom is 0.260 e. The zero-order valence-electron chi connectivity index (χ0n) is 19.4. The first-order valence-corrected chi connectivity index (χ1v) is 13.2. The second-order valence-electron chi connectivity index (χ2n) is 7.61. The van der Waals surface area contributed by atoms with Crippen molar-refractivity contribution in [1.82, 2.24) is 9.99 Å². The number of amides is 1. The van der Waals surface area contributed by atoms with E-state index >= 15 is 0 Å². The summed E-state index contributed by atoms with van der Waals surface area (Å²) in [7, 11) is -3.74. The highest BCUT2D eigenvalue weighted by Crippen LogP contribution is 2.29. The topological polar surface area (TPSA) is 93.0 Å². The summed E-state index contributed by atoms with van der Waals surface area (Å²) in [5.74, 6) is -0.194. The standard InChI is InChI=1S/C24H27BrN4O4S/c1-5-33-23-12-7-6-11-22(23)28(34(4,31)32)16-24(30)27-26-15-19-13-17(2)29(18(19)3)21-10-8-9-20(25)14-21/h6-15H,5,16H2,1-4H3,(H,27,30)/b26-15-. The Hall–Kier alpha value is -3.11. The molecule has 2 aromatic carbocycles. The normalized spacial score (nSPS) is 11.6. The van der Waals surface area contributed by atoms with Gasteiger partial charge in [-0.15, -0.1) is 0 Å². The van der Waals surface area contributed by atoms with Gasteiger partial charge in [0.05, 0.1) is 24.8 Å². The minimum Gasteiger partial charge on any atom is -0.492 e. The molecule has 0 saturated heterocycles. The lowest BCUT2D eigenvalue weighted by Gasteiger charge is -2.23. The third-order valence-electron chi connectivity index (χ3n) is 5.05. The molecule has 1 aromatic heterocycles. The maximum atomic E-state index is 12.6. The van der Waals surface area contributed by atoms with Crippen molar-refractivity contribution in [3.8, 4) is 11.4 Å². The van der Waals surface area contributed by atoms with Crippen LogP contribution in [-0.2, 0) is 14.8 Å². The number of ether oxygens (including phenoxy) is 1. The van der Waals surface area contributed by atoms with Crippen molar-refractivity contribution in [2.24, 2.45) is 5.10 Å². The van der Waals surface area contributed by atoms with Gasteiger partial charge < -0.3 is 9.30 Å². The lowest BCUT2D eigenvalue weighted by molar-refractivity contribution is -0.119. The summed E-state index contributed by atoms with van der Waals surface area (Å²) >= 11 is 3.49. The second-order valence-corrected chi connectivity index (χ2v) is 10.4. The third-order valence-corrected chi connectivity index (χ3v) is 6.67. The van der Waals surface area contributed by atoms with E-state index in [-0.39, 0.29) is 0 Å². The van der Waals surface area contributed by atoms with Crippen LogP contribution in [0.25, 0.3) is 5.69 Å². The number of benzene rings is 2. The van der Waals surface area contributed by atoms with Gasteiger partial charge in [-0.2, -0.15) is 5.10 Å². The van der Waals surface area contributed by atoms with Crippen LogP contribution >= 0.6 is 15.9 Å². The summed E-state index contributed by atoms with van der Waals surface area (Å²) in [5, 5.41) is 4.06. The van der Waals surface area contributed by atoms with Crippen LogP contribution in [-0.4, -0.2) is 44.5 Å². The van der Waals surface area contributed by atoms with Gasteiger partial charge in [0.2, 0.25) is 10.0 Å². The van der Waals surface area contributed by atoms with Crippen LogP contribution in [0.1, 0.15) is 23.9 Å². The fourth-order valence-corrected chi connectivity index (χ4v) is 4.84. The van der Waals surface area contributed by atoms with Crippen molar-refractivity contribution in [1.29, 1.82) is 0 Å². The smallest absolute Gasteiger partial charge is 0.260 e. The van der Waals surface area contributed by atoms with Crippen molar-refractivity contribution in [3.05, 3.63) is 76.0 Å². The highest BCUT2D eigenvalue weighted by atomic mass is 79.9. The van der Waals surface area contributed by atoms with Crippen LogP contribution in [0.3, 0.4) is 0 Å². The SMILES string of the molecule is CCOc1ccccc1N(CC(=O)N/N=C\c1cc(C)n(-c2cccc(Br)c2)c1C)S(C)(=O)=O. The van der Waals surface area contributed by atoms with Gasteiger partial charge in [0.25, 0.3) is 5.91 Å². The number of carbonyl (C=O) groups is 1. The first-order chi connectivity index (χ1) is 16.1. The van der Waals surface area contributed by atoms with Gasteiger partial charge in [0.15, 0.2) is 0 Å². The largest absolute Gasteiger partial charge is 0.492 e. The van der Waals surface area contributed by atoms with E-state index in [0.29, 0.717) is 18.0 Å². The number of aryl methyl sites for hydroxylation is 1. The molecule has 0 unspecified atom stereocenters. The van der Waals surface area contributed by atoms with E-state index in [1.165, 1.54) is 0 Å². The van der Waals surface area contributed by atoms with Gasteiger partial charge >= 0.3 is 0 Å². The Labute approximate surface area is 208 Å². The predicted octanol–water partition coefficient (Wildman–Crippen LogP) is 4.17. The summed E-state index contributed by atoms with van der Waals surface area (Å²) in [6, 6.07) is 16.6. The molecule has 0 aliphatic heterocycles. The van der Waals surface area contributed by atoms with Crippen molar-refractivity contribution in [3.63, 3.8) is 0 Å². The van der Waals surface area contributed by atoms with E-state index in [4.69, 9.17) is 4.74 Å². The van der Waals surface area contributed by atoms with Gasteiger partial charge in [0, 0.05) is 27.1 Å². The Morgan fingerprint density at radius 1 is 1.18 bits per heavy atom. The van der Waals surface area contributed by atoms with Crippen LogP contribution in [0.4, 0.5) is 5.69 Å². The van der Waals surface area contributed by atoms with Crippen molar-refractivity contribution in [2.45, 2.75) is 20.8 Å². The number of sulfonamides is 1. The number of nitrogens with zero attached hydrogens (tertiary/aromatic N) is 3. The molecule has 0 bridgehead atoms. The average molecular weight is 547 g/mol. The third kappa shape index (κ3) is 6.06. The van der Waals surface area contributed by atoms with Gasteiger partial charge in [-0.25, -0.2) is 13.8 Å². The van der Waals surface area contributed by atoms with E-state index < -0.39 is 22.5 Å². The number of hydrazone groups is 1. The molecule has 1 amide bonds. The van der Waals surface area contributed by atoms with Crippen molar-refractivity contribution >= 4 is 43.8 Å². The molecule has 0 radical (unpaired) electrons. The highest BCUT2D eigenvalue weighted by Gasteiger charge is 2.23. The number of carbonyl (C=O) groups excluding carboxylic acids is 1. The number of hydrogen-bond donors (Lipinski definition) is 1. The first-order valence-electron chi connectivity index (χ1n) is 10.6. The summed E-state index contributed by atoms with van der Waals surface area (Å²) in [6.07, 6.45) is 2.59. The Kier molecular flexibility index (Phi) is 8.16. The van der Waals surface area contributed by atoms with Crippen LogP contribution < -0.4 is 14.5 Å². The quantitative estimate of drug-likeness (QED) is 0.322. The van der Waals surface area contributed by atoms with Gasteiger partial charge in [-0.3, -0.25) is 9.10 Å². The number of halogens is 1. The van der Waals surface area contributed by atoms with Crippen molar-refractivity contribution < 1.29 is 17.9 Å². The highest BCUT2D eigenvalue weighted by molar-refractivity contribution is 9.10. The van der Waals surface area contributed by atoms with E-state index in [9.17, 15) is 13.2 Å². The van der Waals surface area contributed by atoms with Gasteiger partial charge in [0.1, 0.15) is 12.3 Å². The molecule has 0 aliphatic carbocycles. The molecule has 34 heavy (non-hydrogen) atoms. The van der Waals surface area contributed by atoms with E-state index in [2.05, 4.69) is 31.0 Å². The number of anilines is 1. The molecule has 0 atom stereocenters. The molecular formula is C24H27BrN4O4S. The van der Waals surface area contributed by atoms with E-state index in [1.54, 1.807) is 37.4 Å². The zero-order chi connectivity index (χ0) is 24.9. The van der Waals surface area contributed by atoms with Crippen molar-refractivity contribution in [2.75, 3.05) is 23.7 Å². The summed E-state index contributed by atoms with van der Waals surface area (Å²) in [4.78, 5) is 12.6. The number of nitrogens with one attached hydrogen (secondary N) is 1. The predicted molar refractivity (Wildman–Crippen MR) is 138 cm³/mol. The molecule has 8 nitrogen and oxygen atoms in total. The molecule has 180 valence electrons. The Morgan fingerprint density at radius 2 is 1.91 bits per heavy atom. The second kappa shape index (κ2) is 10.9. The lowest BCUT2D eigenvalue weighted by Crippen LogP contribution is -2.39. The monoisotopic (exact) mass is 546 g/mol. The van der Waals surface area contributed by atoms with Crippen LogP contribution in [0.2, 0.25) is 0 Å². The number of para-hydroxylation sites is 2. The summed E-state index contributed by atoms with van der Waals surface area (Å²) in [5.41, 5.74) is 6.53. The summed E-state index contributed by atoms with van der Waals surface area (Å²) < 4.78 is 34.4. The number of aromatic nitrogens is 1. The number of hydrogen-bond acceptors (Lipinski definition) is 5. The molecule has 0 aliphatic rings. The molecule has 1 heterocycles. The molecule has 3 aromatic rings. The molecule has 0 spiro atoms. The molecule has 10 heteroatoms. The van der Waals surface area contributed by atoms with Gasteiger partial charge in [-0.1, -0.05) is 34.1 Å². The Balaban J connectivity index is 1.76. The van der Waals surface area contributed by atoms with Crippen LogP contribution in [0, 0.1) is 13.8 Å². The minimum atomic E-state index is -3.74. The Bertz CT molecular complexity index is 1320. The first kappa shape index (κ1) is 25.5. The molecule has 1 N–H and O–H groups in total. The molecule has 0 saturated carbocycles. The molecular weight excluding hydrogens is 520 g/mol. The lowest BCUT2D eigenvalue weighted by atomic mass is 10.2. The fraction of sp³-hybridized carbons (Fsp3) is 0.250. The van der Waals surface area contributed by atoms with E-state index in [0.717, 1.165) is 37.7 Å². The maximum absolute atomic E-state index is 12.6. The molecule has 0 fully saturated rings.